The molecular weight excluding hydrogens is 368 g/mol. The Morgan fingerprint density at radius 1 is 1.03 bits per heavy atom. The predicted molar refractivity (Wildman–Crippen MR) is 111 cm³/mol. The summed E-state index contributed by atoms with van der Waals surface area (Å²) < 4.78 is 10.3. The molecular formula is C22H28N4O3. The van der Waals surface area contributed by atoms with Crippen LogP contribution in [-0.4, -0.2) is 64.1 Å². The number of aliphatic hydroxyl groups is 1. The lowest BCUT2D eigenvalue weighted by atomic mass is 10.1. The normalized spacial score (nSPS) is 18.3. The van der Waals surface area contributed by atoms with Crippen LogP contribution >= 0.6 is 0 Å². The Morgan fingerprint density at radius 2 is 1.83 bits per heavy atom. The van der Waals surface area contributed by atoms with Gasteiger partial charge in [-0.25, -0.2) is 4.63 Å². The van der Waals surface area contributed by atoms with E-state index in [2.05, 4.69) is 38.3 Å². The molecule has 0 amide bonds. The molecule has 1 N–H and O–H groups in total. The van der Waals surface area contributed by atoms with E-state index in [0.717, 1.165) is 55.9 Å². The summed E-state index contributed by atoms with van der Waals surface area (Å²) >= 11 is 0. The van der Waals surface area contributed by atoms with E-state index in [-0.39, 0.29) is 6.61 Å². The summed E-state index contributed by atoms with van der Waals surface area (Å²) in [5, 5.41) is 17.4. The van der Waals surface area contributed by atoms with Gasteiger partial charge in [-0.2, -0.15) is 0 Å². The largest absolute Gasteiger partial charge is 0.494 e. The summed E-state index contributed by atoms with van der Waals surface area (Å²) in [6.07, 6.45) is 0.778. The van der Waals surface area contributed by atoms with Gasteiger partial charge in [0.15, 0.2) is 0 Å². The van der Waals surface area contributed by atoms with Crippen molar-refractivity contribution in [2.24, 2.45) is 0 Å². The van der Waals surface area contributed by atoms with Crippen molar-refractivity contribution in [1.82, 2.24) is 20.1 Å². The Bertz CT molecular complexity index is 912. The lowest BCUT2D eigenvalue weighted by molar-refractivity contribution is 0.0500. The molecule has 0 spiro atoms. The van der Waals surface area contributed by atoms with Crippen LogP contribution in [0.3, 0.4) is 0 Å². The zero-order chi connectivity index (χ0) is 20.1. The molecule has 29 heavy (non-hydrogen) atoms. The monoisotopic (exact) mass is 396 g/mol. The summed E-state index contributed by atoms with van der Waals surface area (Å²) in [5.41, 5.74) is 4.06. The van der Waals surface area contributed by atoms with Crippen LogP contribution in [0.1, 0.15) is 24.5 Å². The molecule has 154 valence electrons. The molecule has 0 bridgehead atoms. The van der Waals surface area contributed by atoms with E-state index in [9.17, 15) is 5.11 Å². The van der Waals surface area contributed by atoms with Gasteiger partial charge in [-0.05, 0) is 59.1 Å². The van der Waals surface area contributed by atoms with Gasteiger partial charge in [-0.3, -0.25) is 9.80 Å². The third-order valence-electron chi connectivity index (χ3n) is 5.50. The number of nitrogens with zero attached hydrogens (tertiary/aromatic N) is 4. The Labute approximate surface area is 170 Å². The van der Waals surface area contributed by atoms with Crippen LogP contribution in [0.5, 0.6) is 5.75 Å². The smallest absolute Gasteiger partial charge is 0.135 e. The van der Waals surface area contributed by atoms with E-state index in [1.165, 1.54) is 11.1 Å². The number of hydrogen-bond donors (Lipinski definition) is 1. The van der Waals surface area contributed by atoms with Crippen molar-refractivity contribution >= 4 is 11.0 Å². The van der Waals surface area contributed by atoms with Crippen molar-refractivity contribution in [3.05, 3.63) is 53.6 Å². The zero-order valence-corrected chi connectivity index (χ0v) is 16.8. The molecule has 7 heteroatoms. The van der Waals surface area contributed by atoms with Crippen molar-refractivity contribution < 1.29 is 14.5 Å². The fourth-order valence-corrected chi connectivity index (χ4v) is 4.01. The Kier molecular flexibility index (Phi) is 6.39. The maximum Gasteiger partial charge on any atom is 0.135 e. The number of hydrogen-bond acceptors (Lipinski definition) is 7. The first kappa shape index (κ1) is 19.8. The van der Waals surface area contributed by atoms with E-state index in [4.69, 9.17) is 9.37 Å². The van der Waals surface area contributed by atoms with Gasteiger partial charge in [0, 0.05) is 45.4 Å². The van der Waals surface area contributed by atoms with Crippen LogP contribution in [0.15, 0.2) is 47.1 Å². The van der Waals surface area contributed by atoms with Crippen molar-refractivity contribution in [3.8, 4) is 5.75 Å². The van der Waals surface area contributed by atoms with Crippen LogP contribution in [0, 0.1) is 0 Å². The minimum absolute atomic E-state index is 0.203. The van der Waals surface area contributed by atoms with Crippen LogP contribution < -0.4 is 4.74 Å². The summed E-state index contributed by atoms with van der Waals surface area (Å²) in [7, 11) is 0. The fraction of sp³-hybridized carbons (Fsp3) is 0.455. The van der Waals surface area contributed by atoms with E-state index >= 15 is 0 Å². The van der Waals surface area contributed by atoms with E-state index in [0.29, 0.717) is 12.6 Å². The number of rotatable bonds is 8. The minimum Gasteiger partial charge on any atom is -0.494 e. The van der Waals surface area contributed by atoms with Gasteiger partial charge in [0.05, 0.1) is 6.61 Å². The van der Waals surface area contributed by atoms with Gasteiger partial charge in [0.2, 0.25) is 0 Å². The Morgan fingerprint density at radius 3 is 2.62 bits per heavy atom. The molecule has 1 aliphatic heterocycles. The third kappa shape index (κ3) is 4.93. The van der Waals surface area contributed by atoms with E-state index in [1.807, 2.05) is 31.2 Å². The maximum atomic E-state index is 9.58. The molecule has 7 nitrogen and oxygen atoms in total. The number of benzene rings is 2. The molecule has 2 aromatic carbocycles. The number of aliphatic hydroxyl groups excluding tert-OH is 1. The molecule has 1 aromatic heterocycles. The second kappa shape index (κ2) is 9.35. The fourth-order valence-electron chi connectivity index (χ4n) is 4.01. The third-order valence-corrected chi connectivity index (χ3v) is 5.50. The maximum absolute atomic E-state index is 9.58. The second-order valence-electron chi connectivity index (χ2n) is 7.54. The van der Waals surface area contributed by atoms with Crippen molar-refractivity contribution in [1.29, 1.82) is 0 Å². The molecule has 3 aromatic rings. The standard InChI is InChI=1S/C22H28N4O3/c1-2-28-20-6-3-17(4-7-20)15-26-11-10-25(16-19(26)9-12-27)14-18-5-8-21-22(13-18)24-29-23-21/h3-8,13,19,27H,2,9-12,14-16H2,1H3/t19-/m0/s1. The van der Waals surface area contributed by atoms with Crippen LogP contribution in [0.4, 0.5) is 0 Å². The zero-order valence-electron chi connectivity index (χ0n) is 16.8. The topological polar surface area (TPSA) is 74.9 Å². The average molecular weight is 396 g/mol. The first-order chi connectivity index (χ1) is 14.2. The highest BCUT2D eigenvalue weighted by molar-refractivity contribution is 5.73. The van der Waals surface area contributed by atoms with Crippen LogP contribution in [0.25, 0.3) is 11.0 Å². The highest BCUT2D eigenvalue weighted by Crippen LogP contribution is 2.21. The van der Waals surface area contributed by atoms with Gasteiger partial charge in [-0.1, -0.05) is 18.2 Å². The van der Waals surface area contributed by atoms with E-state index in [1.54, 1.807) is 0 Å². The molecule has 0 unspecified atom stereocenters. The van der Waals surface area contributed by atoms with E-state index < -0.39 is 0 Å². The number of aromatic nitrogens is 2. The van der Waals surface area contributed by atoms with Crippen molar-refractivity contribution in [3.63, 3.8) is 0 Å². The summed E-state index contributed by atoms with van der Waals surface area (Å²) in [4.78, 5) is 4.93. The molecule has 1 atom stereocenters. The van der Waals surface area contributed by atoms with Gasteiger partial charge in [-0.15, -0.1) is 0 Å². The summed E-state index contributed by atoms with van der Waals surface area (Å²) in [6, 6.07) is 14.7. The Balaban J connectivity index is 1.38. The lowest BCUT2D eigenvalue weighted by Crippen LogP contribution is -2.52. The lowest BCUT2D eigenvalue weighted by Gasteiger charge is -2.41. The average Bonchev–Trinajstić information content (AvgIpc) is 3.20. The predicted octanol–water partition coefficient (Wildman–Crippen LogP) is 2.69. The highest BCUT2D eigenvalue weighted by atomic mass is 16.6. The van der Waals surface area contributed by atoms with Crippen molar-refractivity contribution in [2.75, 3.05) is 32.8 Å². The highest BCUT2D eigenvalue weighted by Gasteiger charge is 2.26. The SMILES string of the molecule is CCOc1ccc(CN2CCN(Cc3ccc4nonc4c3)C[C@@H]2CCO)cc1. The second-order valence-corrected chi connectivity index (χ2v) is 7.54. The number of ether oxygens (including phenoxy) is 1. The number of piperazine rings is 1. The summed E-state index contributed by atoms with van der Waals surface area (Å²) in [5.74, 6) is 0.909. The molecule has 1 fully saturated rings. The first-order valence-electron chi connectivity index (χ1n) is 10.3. The van der Waals surface area contributed by atoms with Gasteiger partial charge >= 0.3 is 0 Å². The molecule has 1 aliphatic rings. The molecule has 4 rings (SSSR count). The summed E-state index contributed by atoms with van der Waals surface area (Å²) in [6.45, 7) is 7.54. The molecule has 0 aliphatic carbocycles. The van der Waals surface area contributed by atoms with Gasteiger partial charge < -0.3 is 9.84 Å². The Hall–Kier alpha value is -2.48. The van der Waals surface area contributed by atoms with Crippen molar-refractivity contribution in [2.45, 2.75) is 32.5 Å². The van der Waals surface area contributed by atoms with Crippen LogP contribution in [0.2, 0.25) is 0 Å². The molecule has 0 radical (unpaired) electrons. The molecule has 1 saturated heterocycles. The first-order valence-corrected chi connectivity index (χ1v) is 10.3. The quantitative estimate of drug-likeness (QED) is 0.627. The van der Waals surface area contributed by atoms with Crippen LogP contribution in [-0.2, 0) is 13.1 Å². The molecule has 2 heterocycles. The van der Waals surface area contributed by atoms with Gasteiger partial charge in [0.25, 0.3) is 0 Å². The minimum atomic E-state index is 0.203. The molecule has 0 saturated carbocycles. The number of fused-ring (bicyclic) bond motifs is 1. The van der Waals surface area contributed by atoms with Gasteiger partial charge in [0.1, 0.15) is 16.8 Å².